The summed E-state index contributed by atoms with van der Waals surface area (Å²) in [6, 6.07) is 12.2. The van der Waals surface area contributed by atoms with Gasteiger partial charge < -0.3 is 36.8 Å². The lowest BCUT2D eigenvalue weighted by molar-refractivity contribution is -0.138. The predicted octanol–water partition coefficient (Wildman–Crippen LogP) is 0.952. The molecule has 0 spiro atoms. The van der Waals surface area contributed by atoms with Crippen molar-refractivity contribution in [1.29, 1.82) is 0 Å². The molecule has 3 atom stereocenters. The Morgan fingerprint density at radius 3 is 1.95 bits per heavy atom. The van der Waals surface area contributed by atoms with E-state index in [0.717, 1.165) is 32.9 Å². The van der Waals surface area contributed by atoms with Crippen LogP contribution in [0.5, 0.6) is 0 Å². The van der Waals surface area contributed by atoms with Gasteiger partial charge in [0, 0.05) is 40.6 Å². The summed E-state index contributed by atoms with van der Waals surface area (Å²) in [4.78, 5) is 55.7. The number of fused-ring (bicyclic) bond motifs is 2. The van der Waals surface area contributed by atoms with Crippen molar-refractivity contribution >= 4 is 45.5 Å². The summed E-state index contributed by atoms with van der Waals surface area (Å²) in [5.74, 6) is -2.98. The van der Waals surface area contributed by atoms with Gasteiger partial charge >= 0.3 is 5.97 Å². The first-order valence-electron chi connectivity index (χ1n) is 12.2. The van der Waals surface area contributed by atoms with Crippen LogP contribution >= 0.6 is 0 Å². The Kier molecular flexibility index (Phi) is 8.07. The van der Waals surface area contributed by atoms with Gasteiger partial charge in [-0.25, -0.2) is 0 Å². The highest BCUT2D eigenvalue weighted by Crippen LogP contribution is 2.20. The van der Waals surface area contributed by atoms with E-state index in [4.69, 9.17) is 10.8 Å². The van der Waals surface area contributed by atoms with E-state index >= 15 is 0 Å². The van der Waals surface area contributed by atoms with Crippen molar-refractivity contribution in [3.05, 3.63) is 72.1 Å². The molecule has 0 saturated heterocycles. The van der Waals surface area contributed by atoms with Crippen molar-refractivity contribution in [3.63, 3.8) is 0 Å². The van der Waals surface area contributed by atoms with E-state index in [-0.39, 0.29) is 12.8 Å². The number of carbonyl (C=O) groups excluding carboxylic acids is 3. The molecule has 0 fully saturated rings. The predicted molar refractivity (Wildman–Crippen MR) is 142 cm³/mol. The minimum absolute atomic E-state index is 0.113. The lowest BCUT2D eigenvalue weighted by Crippen LogP contribution is -2.55. The number of nitrogens with two attached hydrogens (primary N) is 1. The van der Waals surface area contributed by atoms with Crippen LogP contribution in [-0.4, -0.2) is 63.4 Å². The van der Waals surface area contributed by atoms with Gasteiger partial charge in [0.2, 0.25) is 17.7 Å². The number of H-pyrrole nitrogens is 2. The molecule has 8 N–H and O–H groups in total. The van der Waals surface area contributed by atoms with Crippen LogP contribution < -0.4 is 21.7 Å². The monoisotopic (exact) mass is 518 g/mol. The van der Waals surface area contributed by atoms with E-state index in [1.807, 2.05) is 48.5 Å². The van der Waals surface area contributed by atoms with Crippen LogP contribution in [0.15, 0.2) is 60.9 Å². The topological polar surface area (TPSA) is 182 Å². The van der Waals surface area contributed by atoms with Gasteiger partial charge in [-0.05, 0) is 36.6 Å². The number of aliphatic carboxylic acids is 1. The van der Waals surface area contributed by atoms with E-state index in [1.165, 1.54) is 6.92 Å². The van der Waals surface area contributed by atoms with E-state index in [2.05, 4.69) is 25.9 Å². The molecular weight excluding hydrogens is 488 g/mol. The van der Waals surface area contributed by atoms with Gasteiger partial charge in [0.25, 0.3) is 0 Å². The molecule has 11 heteroatoms. The molecule has 2 aromatic carbocycles. The Hall–Kier alpha value is -4.64. The maximum atomic E-state index is 13.0. The zero-order chi connectivity index (χ0) is 27.2. The van der Waals surface area contributed by atoms with Gasteiger partial charge in [-0.2, -0.15) is 0 Å². The van der Waals surface area contributed by atoms with Crippen LogP contribution in [0.3, 0.4) is 0 Å². The van der Waals surface area contributed by atoms with Crippen molar-refractivity contribution in [3.8, 4) is 0 Å². The van der Waals surface area contributed by atoms with Crippen LogP contribution in [0.2, 0.25) is 0 Å². The second-order valence-electron chi connectivity index (χ2n) is 9.14. The average molecular weight is 519 g/mol. The van der Waals surface area contributed by atoms with E-state index in [0.29, 0.717) is 0 Å². The highest BCUT2D eigenvalue weighted by Gasteiger charge is 2.27. The first-order valence-corrected chi connectivity index (χ1v) is 12.2. The van der Waals surface area contributed by atoms with Crippen LogP contribution in [-0.2, 0) is 32.0 Å². The molecule has 0 radical (unpaired) electrons. The van der Waals surface area contributed by atoms with Gasteiger partial charge in [0.1, 0.15) is 18.6 Å². The van der Waals surface area contributed by atoms with Gasteiger partial charge in [-0.1, -0.05) is 36.4 Å². The summed E-state index contributed by atoms with van der Waals surface area (Å²) in [5.41, 5.74) is 9.58. The van der Waals surface area contributed by atoms with E-state index in [9.17, 15) is 19.2 Å². The number of aromatic nitrogens is 2. The Morgan fingerprint density at radius 1 is 0.816 bits per heavy atom. The molecule has 11 nitrogen and oxygen atoms in total. The molecule has 198 valence electrons. The highest BCUT2D eigenvalue weighted by molar-refractivity contribution is 5.94. The van der Waals surface area contributed by atoms with Crippen LogP contribution in [0.4, 0.5) is 0 Å². The molecule has 0 aliphatic heterocycles. The quantitative estimate of drug-likeness (QED) is 0.155. The molecule has 0 aliphatic rings. The summed E-state index contributed by atoms with van der Waals surface area (Å²) in [5, 5.41) is 18.3. The van der Waals surface area contributed by atoms with Gasteiger partial charge in [0.15, 0.2) is 0 Å². The summed E-state index contributed by atoms with van der Waals surface area (Å²) in [6.07, 6.45) is 3.93. The van der Waals surface area contributed by atoms with Crippen LogP contribution in [0.1, 0.15) is 18.1 Å². The number of hydrogen-bond acceptors (Lipinski definition) is 5. The van der Waals surface area contributed by atoms with Crippen LogP contribution in [0, 0.1) is 0 Å². The summed E-state index contributed by atoms with van der Waals surface area (Å²) in [7, 11) is 0. The molecular formula is C27H30N6O5. The van der Waals surface area contributed by atoms with Crippen molar-refractivity contribution in [2.24, 2.45) is 5.73 Å². The number of amides is 3. The first-order chi connectivity index (χ1) is 18.2. The van der Waals surface area contributed by atoms with E-state index < -0.39 is 48.4 Å². The molecule has 4 rings (SSSR count). The van der Waals surface area contributed by atoms with Gasteiger partial charge in [-0.15, -0.1) is 0 Å². The Labute approximate surface area is 218 Å². The summed E-state index contributed by atoms with van der Waals surface area (Å²) < 4.78 is 0. The Morgan fingerprint density at radius 2 is 1.37 bits per heavy atom. The smallest absolute Gasteiger partial charge is 0.322 e. The SMILES string of the molecule is CC(NC(=O)C(N)Cc1c[nH]c2ccccc12)C(=O)NC(Cc1c[nH]c2ccccc12)C(=O)NCC(=O)O. The fraction of sp³-hybridized carbons (Fsp3) is 0.259. The van der Waals surface area contributed by atoms with Crippen molar-refractivity contribution < 1.29 is 24.3 Å². The number of hydrogen-bond donors (Lipinski definition) is 7. The normalized spacial score (nSPS) is 13.5. The van der Waals surface area contributed by atoms with Crippen molar-refractivity contribution in [1.82, 2.24) is 25.9 Å². The molecule has 38 heavy (non-hydrogen) atoms. The summed E-state index contributed by atoms with van der Waals surface area (Å²) in [6.45, 7) is 0.900. The largest absolute Gasteiger partial charge is 0.480 e. The Balaban J connectivity index is 1.40. The van der Waals surface area contributed by atoms with Gasteiger partial charge in [-0.3, -0.25) is 19.2 Å². The Bertz CT molecular complexity index is 1470. The second kappa shape index (κ2) is 11.6. The molecule has 4 aromatic rings. The molecule has 0 bridgehead atoms. The number of carbonyl (C=O) groups is 4. The number of para-hydroxylation sites is 2. The van der Waals surface area contributed by atoms with Crippen LogP contribution in [0.25, 0.3) is 21.8 Å². The maximum absolute atomic E-state index is 13.0. The molecule has 2 heterocycles. The first kappa shape index (κ1) is 26.4. The minimum atomic E-state index is -1.21. The number of benzene rings is 2. The average Bonchev–Trinajstić information content (AvgIpc) is 3.51. The lowest BCUT2D eigenvalue weighted by Gasteiger charge is -2.22. The zero-order valence-electron chi connectivity index (χ0n) is 20.8. The molecule has 2 aromatic heterocycles. The number of rotatable bonds is 11. The third-order valence-electron chi connectivity index (χ3n) is 6.35. The maximum Gasteiger partial charge on any atom is 0.322 e. The fourth-order valence-electron chi connectivity index (χ4n) is 4.33. The fourth-order valence-corrected chi connectivity index (χ4v) is 4.33. The molecule has 3 amide bonds. The molecule has 0 saturated carbocycles. The second-order valence-corrected chi connectivity index (χ2v) is 9.14. The summed E-state index contributed by atoms with van der Waals surface area (Å²) >= 11 is 0. The highest BCUT2D eigenvalue weighted by atomic mass is 16.4. The lowest BCUT2D eigenvalue weighted by atomic mass is 10.0. The minimum Gasteiger partial charge on any atom is -0.480 e. The number of nitrogens with one attached hydrogen (secondary N) is 5. The van der Waals surface area contributed by atoms with E-state index in [1.54, 1.807) is 12.4 Å². The number of carboxylic acids is 1. The molecule has 3 unspecified atom stereocenters. The standard InChI is InChI=1S/C27H30N6O5/c1-15(32-26(37)20(28)10-16-12-29-21-8-4-2-6-18(16)21)25(36)33-23(27(38)31-14-24(34)35)11-17-13-30-22-9-5-3-7-19(17)22/h2-9,12-13,15,20,23,29-30H,10-11,14,28H2,1H3,(H,31,38)(H,32,37)(H,33,36)(H,34,35). The number of carboxylic acid groups (broad SMARTS) is 1. The number of aromatic amines is 2. The van der Waals surface area contributed by atoms with Crippen molar-refractivity contribution in [2.45, 2.75) is 37.9 Å². The molecule has 0 aliphatic carbocycles. The third-order valence-corrected chi connectivity index (χ3v) is 6.35. The van der Waals surface area contributed by atoms with Gasteiger partial charge in [0.05, 0.1) is 6.04 Å². The van der Waals surface area contributed by atoms with Crippen molar-refractivity contribution in [2.75, 3.05) is 6.54 Å². The zero-order valence-corrected chi connectivity index (χ0v) is 20.8. The third kappa shape index (κ3) is 6.19.